The van der Waals surface area contributed by atoms with Gasteiger partial charge in [0.15, 0.2) is 11.6 Å². The van der Waals surface area contributed by atoms with Crippen molar-refractivity contribution in [3.05, 3.63) is 41.2 Å². The first-order chi connectivity index (χ1) is 11.9. The number of hydrogen-bond donors (Lipinski definition) is 1. The Hall–Kier alpha value is -2.79. The van der Waals surface area contributed by atoms with Crippen LogP contribution in [0.4, 0.5) is 0 Å². The van der Waals surface area contributed by atoms with E-state index in [2.05, 4.69) is 20.2 Å². The standard InChI is InChI=1S/C17H20N6O2/c1-17(2,3)16-20-14(21-22-16)13-10-23(6-7-25-13)15(24)12-5-4-11(8-18)9-19-12/h4-5,9,13H,6-7,10H2,1-3H3,(H,20,21,22)/t13-/m1/s1. The summed E-state index contributed by atoms with van der Waals surface area (Å²) in [5, 5.41) is 16.0. The highest BCUT2D eigenvalue weighted by Gasteiger charge is 2.30. The first-order valence-electron chi connectivity index (χ1n) is 8.08. The first-order valence-corrected chi connectivity index (χ1v) is 8.08. The van der Waals surface area contributed by atoms with Crippen molar-refractivity contribution < 1.29 is 9.53 Å². The second-order valence-corrected chi connectivity index (χ2v) is 6.95. The van der Waals surface area contributed by atoms with E-state index in [-0.39, 0.29) is 17.4 Å². The van der Waals surface area contributed by atoms with Crippen molar-refractivity contribution in [1.82, 2.24) is 25.1 Å². The van der Waals surface area contributed by atoms with Crippen molar-refractivity contribution in [3.8, 4) is 6.07 Å². The van der Waals surface area contributed by atoms with E-state index in [9.17, 15) is 4.79 Å². The molecular weight excluding hydrogens is 320 g/mol. The molecule has 1 saturated heterocycles. The molecule has 2 aromatic heterocycles. The molecule has 130 valence electrons. The maximum Gasteiger partial charge on any atom is 0.272 e. The van der Waals surface area contributed by atoms with Crippen LogP contribution < -0.4 is 0 Å². The molecule has 25 heavy (non-hydrogen) atoms. The summed E-state index contributed by atoms with van der Waals surface area (Å²) >= 11 is 0. The van der Waals surface area contributed by atoms with Gasteiger partial charge >= 0.3 is 0 Å². The molecule has 1 aliphatic rings. The molecule has 0 aliphatic carbocycles. The summed E-state index contributed by atoms with van der Waals surface area (Å²) in [4.78, 5) is 22.9. The molecule has 1 atom stereocenters. The lowest BCUT2D eigenvalue weighted by molar-refractivity contribution is -0.0268. The lowest BCUT2D eigenvalue weighted by atomic mass is 9.96. The van der Waals surface area contributed by atoms with Crippen LogP contribution in [0.2, 0.25) is 0 Å². The smallest absolute Gasteiger partial charge is 0.272 e. The maximum atomic E-state index is 12.6. The number of nitrogens with zero attached hydrogens (tertiary/aromatic N) is 5. The van der Waals surface area contributed by atoms with Crippen LogP contribution in [0.15, 0.2) is 18.3 Å². The van der Waals surface area contributed by atoms with Gasteiger partial charge in [-0.1, -0.05) is 20.8 Å². The molecule has 0 bridgehead atoms. The van der Waals surface area contributed by atoms with Crippen molar-refractivity contribution in [2.45, 2.75) is 32.3 Å². The molecule has 0 spiro atoms. The highest BCUT2D eigenvalue weighted by Crippen LogP contribution is 2.23. The Bertz CT molecular complexity index is 800. The summed E-state index contributed by atoms with van der Waals surface area (Å²) in [6.45, 7) is 7.38. The number of ether oxygens (including phenoxy) is 1. The molecule has 0 saturated carbocycles. The average Bonchev–Trinajstić information content (AvgIpc) is 3.12. The Morgan fingerprint density at radius 1 is 1.44 bits per heavy atom. The van der Waals surface area contributed by atoms with E-state index in [0.29, 0.717) is 42.6 Å². The molecule has 3 heterocycles. The second kappa shape index (κ2) is 6.61. The highest BCUT2D eigenvalue weighted by molar-refractivity contribution is 5.92. The summed E-state index contributed by atoms with van der Waals surface area (Å²) in [6.07, 6.45) is 1.05. The lowest BCUT2D eigenvalue weighted by Crippen LogP contribution is -2.42. The molecule has 3 rings (SSSR count). The second-order valence-electron chi connectivity index (χ2n) is 6.95. The number of H-pyrrole nitrogens is 1. The topological polar surface area (TPSA) is 108 Å². The number of aromatic nitrogens is 4. The predicted octanol–water partition coefficient (Wildman–Crippen LogP) is 1.58. The Morgan fingerprint density at radius 2 is 2.24 bits per heavy atom. The van der Waals surface area contributed by atoms with Crippen molar-refractivity contribution in [2.24, 2.45) is 0 Å². The summed E-state index contributed by atoms with van der Waals surface area (Å²) in [5.41, 5.74) is 0.575. The minimum atomic E-state index is -0.348. The SMILES string of the molecule is CC(C)(C)c1n[nH]c([C@H]2CN(C(=O)c3ccc(C#N)cn3)CCO2)n1. The van der Waals surface area contributed by atoms with E-state index in [1.807, 2.05) is 26.8 Å². The Labute approximate surface area is 145 Å². The van der Waals surface area contributed by atoms with Crippen LogP contribution in [0.3, 0.4) is 0 Å². The number of amides is 1. The summed E-state index contributed by atoms with van der Waals surface area (Å²) in [5.74, 6) is 1.15. The van der Waals surface area contributed by atoms with E-state index in [1.54, 1.807) is 17.0 Å². The fourth-order valence-electron chi connectivity index (χ4n) is 2.50. The number of nitriles is 1. The Morgan fingerprint density at radius 3 is 2.84 bits per heavy atom. The Kier molecular flexibility index (Phi) is 4.51. The molecule has 1 aliphatic heterocycles. The van der Waals surface area contributed by atoms with E-state index in [0.717, 1.165) is 0 Å². The number of carbonyl (C=O) groups excluding carboxylic acids is 1. The molecule has 2 aromatic rings. The minimum absolute atomic E-state index is 0.161. The van der Waals surface area contributed by atoms with E-state index in [1.165, 1.54) is 6.20 Å². The summed E-state index contributed by atoms with van der Waals surface area (Å²) in [7, 11) is 0. The Balaban J connectivity index is 1.73. The highest BCUT2D eigenvalue weighted by atomic mass is 16.5. The molecule has 8 nitrogen and oxygen atoms in total. The van der Waals surface area contributed by atoms with Crippen LogP contribution in [-0.2, 0) is 10.2 Å². The van der Waals surface area contributed by atoms with Crippen LogP contribution >= 0.6 is 0 Å². The third-order valence-electron chi connectivity index (χ3n) is 3.94. The predicted molar refractivity (Wildman–Crippen MR) is 88.6 cm³/mol. The number of aromatic amines is 1. The van der Waals surface area contributed by atoms with Gasteiger partial charge in [-0.2, -0.15) is 10.4 Å². The zero-order chi connectivity index (χ0) is 18.0. The van der Waals surface area contributed by atoms with E-state index in [4.69, 9.17) is 10.00 Å². The van der Waals surface area contributed by atoms with Crippen LogP contribution in [0.25, 0.3) is 0 Å². The number of carbonyl (C=O) groups is 1. The monoisotopic (exact) mass is 340 g/mol. The van der Waals surface area contributed by atoms with E-state index < -0.39 is 0 Å². The number of pyridine rings is 1. The van der Waals surface area contributed by atoms with Gasteiger partial charge in [0.2, 0.25) is 0 Å². The maximum absolute atomic E-state index is 12.6. The molecule has 1 amide bonds. The van der Waals surface area contributed by atoms with Crippen molar-refractivity contribution in [3.63, 3.8) is 0 Å². The number of morpholine rings is 1. The van der Waals surface area contributed by atoms with Crippen molar-refractivity contribution in [1.29, 1.82) is 5.26 Å². The molecule has 1 fully saturated rings. The molecular formula is C17H20N6O2. The first kappa shape index (κ1) is 17.0. The lowest BCUT2D eigenvalue weighted by Gasteiger charge is -2.31. The van der Waals surface area contributed by atoms with Gasteiger partial charge in [0.25, 0.3) is 5.91 Å². The van der Waals surface area contributed by atoms with Crippen molar-refractivity contribution in [2.75, 3.05) is 19.7 Å². The summed E-state index contributed by atoms with van der Waals surface area (Å²) < 4.78 is 5.75. The van der Waals surface area contributed by atoms with Gasteiger partial charge in [-0.15, -0.1) is 0 Å². The number of hydrogen-bond acceptors (Lipinski definition) is 6. The van der Waals surface area contributed by atoms with E-state index >= 15 is 0 Å². The number of nitrogens with one attached hydrogen (secondary N) is 1. The quantitative estimate of drug-likeness (QED) is 0.889. The zero-order valence-electron chi connectivity index (χ0n) is 14.5. The molecule has 8 heteroatoms. The molecule has 0 radical (unpaired) electrons. The molecule has 0 unspecified atom stereocenters. The molecule has 0 aromatic carbocycles. The zero-order valence-corrected chi connectivity index (χ0v) is 14.5. The van der Waals surface area contributed by atoms with Gasteiger partial charge in [0.05, 0.1) is 18.7 Å². The van der Waals surface area contributed by atoms with Gasteiger partial charge in [0, 0.05) is 18.2 Å². The number of rotatable bonds is 2. The third kappa shape index (κ3) is 3.67. The van der Waals surface area contributed by atoms with Crippen LogP contribution in [0, 0.1) is 11.3 Å². The van der Waals surface area contributed by atoms with Gasteiger partial charge in [-0.25, -0.2) is 9.97 Å². The van der Waals surface area contributed by atoms with Gasteiger partial charge in [-0.3, -0.25) is 9.89 Å². The third-order valence-corrected chi connectivity index (χ3v) is 3.94. The fourth-order valence-corrected chi connectivity index (χ4v) is 2.50. The van der Waals surface area contributed by atoms with Crippen LogP contribution in [0.1, 0.15) is 54.6 Å². The fraction of sp³-hybridized carbons (Fsp3) is 0.471. The van der Waals surface area contributed by atoms with Gasteiger partial charge in [0.1, 0.15) is 17.9 Å². The molecule has 1 N–H and O–H groups in total. The normalized spacial score (nSPS) is 18.0. The average molecular weight is 340 g/mol. The summed E-state index contributed by atoms with van der Waals surface area (Å²) in [6, 6.07) is 5.14. The van der Waals surface area contributed by atoms with Gasteiger partial charge < -0.3 is 9.64 Å². The van der Waals surface area contributed by atoms with Crippen LogP contribution in [0.5, 0.6) is 0 Å². The largest absolute Gasteiger partial charge is 0.367 e. The minimum Gasteiger partial charge on any atom is -0.367 e. The van der Waals surface area contributed by atoms with Crippen molar-refractivity contribution >= 4 is 5.91 Å². The van der Waals surface area contributed by atoms with Crippen LogP contribution in [-0.4, -0.2) is 50.7 Å². The van der Waals surface area contributed by atoms with Gasteiger partial charge in [-0.05, 0) is 12.1 Å².